The van der Waals surface area contributed by atoms with Crippen LogP contribution in [-0.2, 0) is 6.42 Å². The van der Waals surface area contributed by atoms with Crippen LogP contribution in [0.1, 0.15) is 29.3 Å². The summed E-state index contributed by atoms with van der Waals surface area (Å²) in [6.45, 7) is 8.10. The summed E-state index contributed by atoms with van der Waals surface area (Å²) in [5.41, 5.74) is 4.40. The van der Waals surface area contributed by atoms with E-state index in [0.717, 1.165) is 68.9 Å². The van der Waals surface area contributed by atoms with Crippen LogP contribution in [0.4, 0.5) is 11.4 Å². The first-order valence-corrected chi connectivity index (χ1v) is 10.4. The first-order chi connectivity index (χ1) is 13.7. The van der Waals surface area contributed by atoms with Crippen LogP contribution >= 0.6 is 37.2 Å². The summed E-state index contributed by atoms with van der Waals surface area (Å²) in [4.78, 5) is 17.7. The molecule has 2 aliphatic heterocycles. The van der Waals surface area contributed by atoms with Gasteiger partial charge in [0.15, 0.2) is 0 Å². The number of anilines is 2. The Morgan fingerprint density at radius 1 is 1.00 bits per heavy atom. The van der Waals surface area contributed by atoms with Crippen LogP contribution in [0, 0.1) is 0 Å². The molecule has 2 aromatic rings. The third-order valence-electron chi connectivity index (χ3n) is 5.74. The van der Waals surface area contributed by atoms with Gasteiger partial charge < -0.3 is 15.5 Å². The molecule has 0 spiro atoms. The van der Waals surface area contributed by atoms with Gasteiger partial charge in [-0.3, -0.25) is 9.69 Å². The topological polar surface area (TPSA) is 47.6 Å². The third kappa shape index (κ3) is 6.91. The molecule has 4 rings (SSSR count). The Bertz CT molecular complexity index is 814. The van der Waals surface area contributed by atoms with Crippen molar-refractivity contribution in [2.45, 2.75) is 25.8 Å². The first-order valence-electron chi connectivity index (χ1n) is 10.4. The zero-order valence-corrected chi connectivity index (χ0v) is 20.3. The predicted octanol–water partition coefficient (Wildman–Crippen LogP) is 4.25. The van der Waals surface area contributed by atoms with Crippen molar-refractivity contribution in [2.75, 3.05) is 49.5 Å². The molecular weight excluding hydrogens is 455 g/mol. The van der Waals surface area contributed by atoms with Crippen LogP contribution in [0.3, 0.4) is 0 Å². The monoisotopic (exact) mass is 486 g/mol. The molecule has 1 fully saturated rings. The normalized spacial score (nSPS) is 16.4. The lowest BCUT2D eigenvalue weighted by Gasteiger charge is -2.37. The van der Waals surface area contributed by atoms with Crippen molar-refractivity contribution in [3.8, 4) is 0 Å². The molecule has 0 radical (unpaired) electrons. The van der Waals surface area contributed by atoms with E-state index < -0.39 is 0 Å². The molecule has 31 heavy (non-hydrogen) atoms. The molecule has 1 amide bonds. The van der Waals surface area contributed by atoms with Crippen LogP contribution in [0.25, 0.3) is 0 Å². The minimum atomic E-state index is 0. The molecule has 2 heterocycles. The second-order valence-corrected chi connectivity index (χ2v) is 7.86. The zero-order valence-electron chi connectivity index (χ0n) is 17.9. The average molecular weight is 488 g/mol. The van der Waals surface area contributed by atoms with E-state index in [4.69, 9.17) is 0 Å². The number of benzene rings is 2. The summed E-state index contributed by atoms with van der Waals surface area (Å²) < 4.78 is 0. The smallest absolute Gasteiger partial charge is 0.251 e. The number of halogens is 3. The second-order valence-electron chi connectivity index (χ2n) is 7.86. The van der Waals surface area contributed by atoms with Gasteiger partial charge in [-0.2, -0.15) is 0 Å². The van der Waals surface area contributed by atoms with Crippen molar-refractivity contribution < 1.29 is 4.79 Å². The van der Waals surface area contributed by atoms with E-state index >= 15 is 0 Å². The highest BCUT2D eigenvalue weighted by Crippen LogP contribution is 2.25. The maximum atomic E-state index is 12.8. The van der Waals surface area contributed by atoms with Crippen molar-refractivity contribution in [1.82, 2.24) is 10.2 Å². The number of fused-ring (bicyclic) bond motifs is 1. The van der Waals surface area contributed by atoms with Crippen molar-refractivity contribution in [3.05, 3.63) is 59.7 Å². The molecule has 0 aliphatic carbocycles. The number of carbonyl (C=O) groups is 1. The number of rotatable bonds is 5. The number of para-hydroxylation sites is 1. The SMILES string of the molecule is CC(CN1CCN(c2ccccc2)CC1)NC(=O)c1cccc2c1CCCN2.Cl.Cl.Cl. The quantitative estimate of drug-likeness (QED) is 0.662. The predicted molar refractivity (Wildman–Crippen MR) is 137 cm³/mol. The van der Waals surface area contributed by atoms with E-state index in [9.17, 15) is 4.79 Å². The van der Waals surface area contributed by atoms with Gasteiger partial charge in [0.05, 0.1) is 0 Å². The van der Waals surface area contributed by atoms with E-state index in [1.807, 2.05) is 12.1 Å². The number of carbonyl (C=O) groups excluding carboxylic acids is 1. The molecule has 1 atom stereocenters. The van der Waals surface area contributed by atoms with E-state index in [-0.39, 0.29) is 49.2 Å². The highest BCUT2D eigenvalue weighted by Gasteiger charge is 2.21. The molecule has 172 valence electrons. The maximum Gasteiger partial charge on any atom is 0.251 e. The Labute approximate surface area is 204 Å². The molecular formula is C23H33Cl3N4O. The molecule has 1 unspecified atom stereocenters. The second kappa shape index (κ2) is 13.0. The minimum Gasteiger partial charge on any atom is -0.385 e. The maximum absolute atomic E-state index is 12.8. The fraction of sp³-hybridized carbons (Fsp3) is 0.435. The van der Waals surface area contributed by atoms with Crippen molar-refractivity contribution in [3.63, 3.8) is 0 Å². The summed E-state index contributed by atoms with van der Waals surface area (Å²) in [7, 11) is 0. The Morgan fingerprint density at radius 3 is 2.42 bits per heavy atom. The van der Waals surface area contributed by atoms with E-state index in [1.54, 1.807) is 0 Å². The zero-order chi connectivity index (χ0) is 19.3. The van der Waals surface area contributed by atoms with Gasteiger partial charge in [0.25, 0.3) is 5.91 Å². The largest absolute Gasteiger partial charge is 0.385 e. The molecule has 5 nitrogen and oxygen atoms in total. The first kappa shape index (κ1) is 27.4. The molecule has 2 aromatic carbocycles. The van der Waals surface area contributed by atoms with Gasteiger partial charge >= 0.3 is 0 Å². The van der Waals surface area contributed by atoms with Gasteiger partial charge in [0.1, 0.15) is 0 Å². The molecule has 1 saturated heterocycles. The minimum absolute atomic E-state index is 0. The molecule has 0 aromatic heterocycles. The van der Waals surface area contributed by atoms with Gasteiger partial charge in [-0.25, -0.2) is 0 Å². The van der Waals surface area contributed by atoms with Crippen LogP contribution in [0.2, 0.25) is 0 Å². The van der Waals surface area contributed by atoms with E-state index in [1.165, 1.54) is 5.69 Å². The molecule has 2 aliphatic rings. The Hall–Kier alpha value is -1.66. The van der Waals surface area contributed by atoms with Gasteiger partial charge in [-0.1, -0.05) is 24.3 Å². The van der Waals surface area contributed by atoms with Crippen LogP contribution < -0.4 is 15.5 Å². The fourth-order valence-electron chi connectivity index (χ4n) is 4.28. The summed E-state index contributed by atoms with van der Waals surface area (Å²) in [5, 5.41) is 6.62. The fourth-order valence-corrected chi connectivity index (χ4v) is 4.28. The molecule has 2 N–H and O–H groups in total. The number of piperazine rings is 1. The lowest BCUT2D eigenvalue weighted by atomic mass is 9.97. The van der Waals surface area contributed by atoms with Crippen LogP contribution in [-0.4, -0.2) is 56.1 Å². The van der Waals surface area contributed by atoms with Gasteiger partial charge in [-0.05, 0) is 49.6 Å². The number of hydrogen-bond acceptors (Lipinski definition) is 4. The van der Waals surface area contributed by atoms with Crippen molar-refractivity contribution >= 4 is 54.5 Å². The van der Waals surface area contributed by atoms with Crippen molar-refractivity contribution in [1.29, 1.82) is 0 Å². The lowest BCUT2D eigenvalue weighted by molar-refractivity contribution is 0.0927. The Kier molecular flexibility index (Phi) is 11.5. The van der Waals surface area contributed by atoms with Crippen LogP contribution in [0.5, 0.6) is 0 Å². The van der Waals surface area contributed by atoms with Crippen LogP contribution in [0.15, 0.2) is 48.5 Å². The number of nitrogens with zero attached hydrogens (tertiary/aromatic N) is 2. The van der Waals surface area contributed by atoms with E-state index in [2.05, 4.69) is 63.8 Å². The molecule has 8 heteroatoms. The Morgan fingerprint density at radius 2 is 1.71 bits per heavy atom. The third-order valence-corrected chi connectivity index (χ3v) is 5.74. The molecule has 0 bridgehead atoms. The summed E-state index contributed by atoms with van der Waals surface area (Å²) in [5.74, 6) is 0.0518. The summed E-state index contributed by atoms with van der Waals surface area (Å²) in [6, 6.07) is 16.7. The van der Waals surface area contributed by atoms with E-state index in [0.29, 0.717) is 0 Å². The van der Waals surface area contributed by atoms with Gasteiger partial charge in [0.2, 0.25) is 0 Å². The molecule has 0 saturated carbocycles. The summed E-state index contributed by atoms with van der Waals surface area (Å²) >= 11 is 0. The highest BCUT2D eigenvalue weighted by atomic mass is 35.5. The van der Waals surface area contributed by atoms with Crippen molar-refractivity contribution in [2.24, 2.45) is 0 Å². The highest BCUT2D eigenvalue weighted by molar-refractivity contribution is 5.97. The summed E-state index contributed by atoms with van der Waals surface area (Å²) in [6.07, 6.45) is 2.06. The lowest BCUT2D eigenvalue weighted by Crippen LogP contribution is -2.51. The number of amides is 1. The van der Waals surface area contributed by atoms with Gasteiger partial charge in [0, 0.05) is 62.2 Å². The standard InChI is InChI=1S/C23H30N4O.3ClH/c1-18(17-26-13-15-27(16-14-26)19-7-3-2-4-8-19)25-23(28)21-9-5-11-22-20(21)10-6-12-24-22;;;/h2-5,7-9,11,18,24H,6,10,12-17H2,1H3,(H,25,28);3*1H. The number of nitrogens with one attached hydrogen (secondary N) is 2. The Balaban J connectivity index is 0.00000160. The average Bonchev–Trinajstić information content (AvgIpc) is 2.74. The number of hydrogen-bond donors (Lipinski definition) is 2. The van der Waals surface area contributed by atoms with Gasteiger partial charge in [-0.15, -0.1) is 37.2 Å².